The Kier molecular flexibility index (Phi) is 6.30. The fraction of sp³-hybridized carbons (Fsp3) is 0.632. The smallest absolute Gasteiger partial charge is 0.238 e. The Morgan fingerprint density at radius 1 is 1.19 bits per heavy atom. The van der Waals surface area contributed by atoms with E-state index in [9.17, 15) is 13.2 Å². The average molecular weight is 397 g/mol. The van der Waals surface area contributed by atoms with Crippen LogP contribution in [-0.4, -0.2) is 49.2 Å². The second-order valence-corrected chi connectivity index (χ2v) is 10.5. The summed E-state index contributed by atoms with van der Waals surface area (Å²) in [5, 5.41) is 3.48. The number of likely N-dealkylation sites (N-methyl/N-ethyl adjacent to an activating group) is 1. The van der Waals surface area contributed by atoms with E-state index in [0.29, 0.717) is 4.90 Å². The summed E-state index contributed by atoms with van der Waals surface area (Å²) in [4.78, 5) is 15.5. The molecule has 0 saturated carbocycles. The first kappa shape index (κ1) is 19.7. The fourth-order valence-electron chi connectivity index (χ4n) is 4.02. The lowest BCUT2D eigenvalue weighted by atomic mass is 9.90. The topological polar surface area (TPSA) is 66.5 Å². The van der Waals surface area contributed by atoms with E-state index in [2.05, 4.69) is 17.1 Å². The van der Waals surface area contributed by atoms with Crippen LogP contribution in [0, 0.1) is 0 Å². The third-order valence-electron chi connectivity index (χ3n) is 5.35. The highest BCUT2D eigenvalue weighted by atomic mass is 32.2. The summed E-state index contributed by atoms with van der Waals surface area (Å²) in [6.45, 7) is 2.89. The van der Waals surface area contributed by atoms with Crippen molar-refractivity contribution in [3.8, 4) is 0 Å². The number of rotatable bonds is 5. The molecule has 0 aromatic heterocycles. The first-order chi connectivity index (χ1) is 12.4. The maximum atomic E-state index is 12.8. The van der Waals surface area contributed by atoms with Gasteiger partial charge in [-0.2, -0.15) is 0 Å². The van der Waals surface area contributed by atoms with Crippen LogP contribution in [0.5, 0.6) is 0 Å². The first-order valence-electron chi connectivity index (χ1n) is 9.38. The van der Waals surface area contributed by atoms with Crippen LogP contribution in [0.2, 0.25) is 0 Å². The number of sulfone groups is 1. The number of likely N-dealkylation sites (tertiary alicyclic amines) is 1. The van der Waals surface area contributed by atoms with Crippen molar-refractivity contribution in [2.24, 2.45) is 0 Å². The summed E-state index contributed by atoms with van der Waals surface area (Å²) in [5.74, 6) is 1.27. The lowest BCUT2D eigenvalue weighted by Crippen LogP contribution is -2.51. The molecule has 3 rings (SSSR count). The van der Waals surface area contributed by atoms with Gasteiger partial charge in [-0.05, 0) is 62.1 Å². The minimum atomic E-state index is -3.19. The maximum Gasteiger partial charge on any atom is 0.238 e. The number of carbonyl (C=O) groups is 1. The normalized spacial score (nSPS) is 27.4. The molecule has 3 atom stereocenters. The molecule has 1 amide bonds. The molecule has 2 aliphatic rings. The summed E-state index contributed by atoms with van der Waals surface area (Å²) in [7, 11) is -3.19. The number of hydrogen-bond acceptors (Lipinski definition) is 5. The van der Waals surface area contributed by atoms with Crippen LogP contribution in [0.3, 0.4) is 0 Å². The van der Waals surface area contributed by atoms with Gasteiger partial charge >= 0.3 is 0 Å². The van der Waals surface area contributed by atoms with E-state index in [1.165, 1.54) is 12.7 Å². The van der Waals surface area contributed by atoms with Crippen LogP contribution in [0.1, 0.15) is 50.6 Å². The molecule has 2 saturated heterocycles. The van der Waals surface area contributed by atoms with Crippen molar-refractivity contribution in [2.75, 3.05) is 18.6 Å². The van der Waals surface area contributed by atoms with E-state index in [-0.39, 0.29) is 23.4 Å². The summed E-state index contributed by atoms with van der Waals surface area (Å²) in [5.41, 5.74) is 1.09. The predicted octanol–water partition coefficient (Wildman–Crippen LogP) is 2.97. The van der Waals surface area contributed by atoms with Crippen LogP contribution in [0.15, 0.2) is 29.2 Å². The molecule has 26 heavy (non-hydrogen) atoms. The van der Waals surface area contributed by atoms with E-state index >= 15 is 0 Å². The lowest BCUT2D eigenvalue weighted by Gasteiger charge is -2.41. The van der Waals surface area contributed by atoms with Crippen LogP contribution < -0.4 is 5.32 Å². The van der Waals surface area contributed by atoms with Gasteiger partial charge in [-0.1, -0.05) is 19.1 Å². The second-order valence-electron chi connectivity index (χ2n) is 7.14. The minimum Gasteiger partial charge on any atom is -0.343 e. The Morgan fingerprint density at radius 3 is 2.50 bits per heavy atom. The minimum absolute atomic E-state index is 0.102. The molecule has 2 fully saturated rings. The first-order valence-corrected chi connectivity index (χ1v) is 12.3. The van der Waals surface area contributed by atoms with Gasteiger partial charge in [0.15, 0.2) is 9.84 Å². The molecule has 0 bridgehead atoms. The number of amides is 1. The van der Waals surface area contributed by atoms with Gasteiger partial charge in [0.05, 0.1) is 16.3 Å². The van der Waals surface area contributed by atoms with Gasteiger partial charge in [0.25, 0.3) is 0 Å². The molecule has 0 aliphatic carbocycles. The Balaban J connectivity index is 1.75. The van der Waals surface area contributed by atoms with E-state index in [1.54, 1.807) is 12.1 Å². The van der Waals surface area contributed by atoms with Crippen molar-refractivity contribution in [1.82, 2.24) is 10.2 Å². The number of benzene rings is 1. The third-order valence-corrected chi connectivity index (χ3v) is 7.76. The molecule has 7 heteroatoms. The largest absolute Gasteiger partial charge is 0.343 e. The molecule has 2 aliphatic heterocycles. The van der Waals surface area contributed by atoms with Crippen LogP contribution in [0.25, 0.3) is 0 Å². The number of nitrogens with zero attached hydrogens (tertiary/aromatic N) is 1. The van der Waals surface area contributed by atoms with Crippen molar-refractivity contribution >= 4 is 27.5 Å². The summed E-state index contributed by atoms with van der Waals surface area (Å²) >= 11 is 1.84. The van der Waals surface area contributed by atoms with E-state index in [0.717, 1.165) is 43.5 Å². The molecule has 2 heterocycles. The molecular weight excluding hydrogens is 368 g/mol. The van der Waals surface area contributed by atoms with E-state index in [4.69, 9.17) is 0 Å². The fourth-order valence-corrected chi connectivity index (χ4v) is 5.80. The highest BCUT2D eigenvalue weighted by Gasteiger charge is 2.35. The van der Waals surface area contributed by atoms with Gasteiger partial charge in [0.2, 0.25) is 5.91 Å². The maximum absolute atomic E-state index is 12.8. The number of nitrogens with one attached hydrogen (secondary N) is 1. The van der Waals surface area contributed by atoms with Crippen molar-refractivity contribution in [1.29, 1.82) is 0 Å². The zero-order valence-corrected chi connectivity index (χ0v) is 17.1. The molecular formula is C19H28N2O3S2. The predicted molar refractivity (Wildman–Crippen MR) is 106 cm³/mol. The average Bonchev–Trinajstić information content (AvgIpc) is 3.13. The zero-order chi connectivity index (χ0) is 18.7. The van der Waals surface area contributed by atoms with Crippen molar-refractivity contribution in [3.05, 3.63) is 29.8 Å². The summed E-state index contributed by atoms with van der Waals surface area (Å²) in [6.07, 6.45) is 6.34. The highest BCUT2D eigenvalue weighted by molar-refractivity contribution is 8.00. The monoisotopic (exact) mass is 396 g/mol. The lowest BCUT2D eigenvalue weighted by molar-refractivity contribution is -0.129. The number of thioether (sulfide) groups is 1. The Bertz CT molecular complexity index is 728. The van der Waals surface area contributed by atoms with Gasteiger partial charge < -0.3 is 5.32 Å². The molecule has 3 unspecified atom stereocenters. The number of hydrogen-bond donors (Lipinski definition) is 1. The molecule has 5 nitrogen and oxygen atoms in total. The van der Waals surface area contributed by atoms with Gasteiger partial charge in [-0.15, -0.1) is 11.8 Å². The number of piperidine rings is 1. The molecule has 0 radical (unpaired) electrons. The van der Waals surface area contributed by atoms with Gasteiger partial charge in [-0.3, -0.25) is 9.69 Å². The van der Waals surface area contributed by atoms with Crippen molar-refractivity contribution in [2.45, 2.75) is 61.4 Å². The van der Waals surface area contributed by atoms with E-state index < -0.39 is 9.84 Å². The van der Waals surface area contributed by atoms with Crippen LogP contribution in [-0.2, 0) is 14.6 Å². The van der Waals surface area contributed by atoms with Gasteiger partial charge in [0.1, 0.15) is 0 Å². The van der Waals surface area contributed by atoms with Crippen molar-refractivity contribution < 1.29 is 13.2 Å². The Morgan fingerprint density at radius 2 is 1.92 bits per heavy atom. The molecule has 1 N–H and O–H groups in total. The van der Waals surface area contributed by atoms with Gasteiger partial charge in [0, 0.05) is 12.3 Å². The van der Waals surface area contributed by atoms with Crippen LogP contribution >= 0.6 is 11.8 Å². The quantitative estimate of drug-likeness (QED) is 0.829. The number of carbonyl (C=O) groups excluding carboxylic acids is 1. The molecule has 1 aromatic rings. The van der Waals surface area contributed by atoms with Gasteiger partial charge in [-0.25, -0.2) is 8.42 Å². The standard InChI is InChI=1S/C19H28N2O3S2/c1-3-21-16(14-9-11-15(12-10-14)26(2,23)24)6-4-7-17(21)19(22)20-18-8-5-13-25-18/h9-12,16-18H,3-8,13H2,1-2H3,(H,20,22). The second kappa shape index (κ2) is 8.31. The molecule has 144 valence electrons. The Labute approximate surface area is 160 Å². The molecule has 0 spiro atoms. The summed E-state index contributed by atoms with van der Waals surface area (Å²) in [6, 6.07) is 7.21. The Hall–Kier alpha value is -1.05. The zero-order valence-electron chi connectivity index (χ0n) is 15.5. The van der Waals surface area contributed by atoms with Crippen LogP contribution in [0.4, 0.5) is 0 Å². The SMILES string of the molecule is CCN1C(C(=O)NC2CCCS2)CCCC1c1ccc(S(C)(=O)=O)cc1. The van der Waals surface area contributed by atoms with Crippen molar-refractivity contribution in [3.63, 3.8) is 0 Å². The third kappa shape index (κ3) is 4.43. The highest BCUT2D eigenvalue weighted by Crippen LogP contribution is 2.35. The molecule has 1 aromatic carbocycles. The summed E-state index contributed by atoms with van der Waals surface area (Å²) < 4.78 is 23.4. The van der Waals surface area contributed by atoms with E-state index in [1.807, 2.05) is 23.9 Å².